The number of anilines is 1. The van der Waals surface area contributed by atoms with E-state index in [0.717, 1.165) is 5.56 Å². The molecule has 0 spiro atoms. The first-order valence-electron chi connectivity index (χ1n) is 6.51. The molecule has 2 aromatic rings. The van der Waals surface area contributed by atoms with Crippen LogP contribution < -0.4 is 10.0 Å². The number of hydrogen-bond acceptors (Lipinski definition) is 4. The molecule has 0 aliphatic carbocycles. The van der Waals surface area contributed by atoms with Crippen molar-refractivity contribution in [3.05, 3.63) is 54.1 Å². The molecule has 5 nitrogen and oxygen atoms in total. The summed E-state index contributed by atoms with van der Waals surface area (Å²) in [6.45, 7) is 1.96. The molecule has 0 aliphatic heterocycles. The molecule has 0 saturated heterocycles. The van der Waals surface area contributed by atoms with E-state index < -0.39 is 10.0 Å². The van der Waals surface area contributed by atoms with Gasteiger partial charge in [0.25, 0.3) is 0 Å². The van der Waals surface area contributed by atoms with Crippen LogP contribution in [0.5, 0.6) is 5.75 Å². The molecule has 1 unspecified atom stereocenters. The fourth-order valence-corrected chi connectivity index (χ4v) is 2.74. The number of aromatic hydroxyl groups is 1. The van der Waals surface area contributed by atoms with E-state index in [2.05, 4.69) is 10.0 Å². The third kappa shape index (κ3) is 3.74. The molecule has 0 saturated carbocycles. The van der Waals surface area contributed by atoms with Gasteiger partial charge < -0.3 is 10.4 Å². The van der Waals surface area contributed by atoms with Gasteiger partial charge in [0.05, 0.1) is 4.90 Å². The quantitative estimate of drug-likeness (QED) is 0.793. The summed E-state index contributed by atoms with van der Waals surface area (Å²) in [5.74, 6) is 0.216. The molecule has 1 atom stereocenters. The van der Waals surface area contributed by atoms with Gasteiger partial charge in [0.2, 0.25) is 10.0 Å². The third-order valence-electron chi connectivity index (χ3n) is 3.19. The maximum absolute atomic E-state index is 11.8. The van der Waals surface area contributed by atoms with Gasteiger partial charge in [0.15, 0.2) is 0 Å². The molecule has 0 amide bonds. The summed E-state index contributed by atoms with van der Waals surface area (Å²) in [5, 5.41) is 12.5. The van der Waals surface area contributed by atoms with Crippen molar-refractivity contribution in [1.82, 2.24) is 4.72 Å². The lowest BCUT2D eigenvalue weighted by atomic mass is 10.1. The Morgan fingerprint density at radius 2 is 1.76 bits per heavy atom. The Bertz CT molecular complexity index is 712. The van der Waals surface area contributed by atoms with Crippen LogP contribution >= 0.6 is 0 Å². The maximum Gasteiger partial charge on any atom is 0.240 e. The van der Waals surface area contributed by atoms with Crippen molar-refractivity contribution in [2.75, 3.05) is 12.4 Å². The fraction of sp³-hybridized carbons (Fsp3) is 0.200. The monoisotopic (exact) mass is 306 g/mol. The van der Waals surface area contributed by atoms with Crippen molar-refractivity contribution < 1.29 is 13.5 Å². The summed E-state index contributed by atoms with van der Waals surface area (Å²) < 4.78 is 25.9. The highest BCUT2D eigenvalue weighted by Crippen LogP contribution is 2.22. The maximum atomic E-state index is 11.8. The van der Waals surface area contributed by atoms with E-state index in [-0.39, 0.29) is 16.7 Å². The number of benzene rings is 2. The number of phenols is 1. The van der Waals surface area contributed by atoms with E-state index in [4.69, 9.17) is 0 Å². The molecular formula is C15H18N2O3S. The minimum atomic E-state index is -3.45. The Balaban J connectivity index is 2.20. The predicted molar refractivity (Wildman–Crippen MR) is 82.8 cm³/mol. The number of hydrogen-bond donors (Lipinski definition) is 3. The van der Waals surface area contributed by atoms with Gasteiger partial charge in [0, 0.05) is 11.7 Å². The summed E-state index contributed by atoms with van der Waals surface area (Å²) in [5.41, 5.74) is 1.71. The Morgan fingerprint density at radius 3 is 2.38 bits per heavy atom. The average Bonchev–Trinajstić information content (AvgIpc) is 2.48. The van der Waals surface area contributed by atoms with Crippen LogP contribution in [0, 0.1) is 0 Å². The zero-order valence-electron chi connectivity index (χ0n) is 11.9. The average molecular weight is 306 g/mol. The predicted octanol–water partition coefficient (Wildman–Crippen LogP) is 2.47. The second kappa shape index (κ2) is 6.15. The highest BCUT2D eigenvalue weighted by atomic mass is 32.2. The van der Waals surface area contributed by atoms with Crippen LogP contribution in [0.4, 0.5) is 5.69 Å². The Labute approximate surface area is 124 Å². The van der Waals surface area contributed by atoms with E-state index >= 15 is 0 Å². The van der Waals surface area contributed by atoms with Crippen molar-refractivity contribution in [1.29, 1.82) is 0 Å². The largest absolute Gasteiger partial charge is 0.508 e. The number of phenolic OH excluding ortho intramolecular Hbond substituents is 1. The zero-order valence-corrected chi connectivity index (χ0v) is 12.7. The van der Waals surface area contributed by atoms with Crippen LogP contribution in [0.15, 0.2) is 53.4 Å². The molecule has 3 N–H and O–H groups in total. The molecule has 0 radical (unpaired) electrons. The molecule has 112 valence electrons. The standard InChI is InChI=1S/C15H18N2O3S/c1-11(12-6-8-14(18)9-7-12)17-13-4-3-5-15(10-13)21(19,20)16-2/h3-11,16-18H,1-2H3. The lowest BCUT2D eigenvalue weighted by Gasteiger charge is -2.16. The summed E-state index contributed by atoms with van der Waals surface area (Å²) in [6.07, 6.45) is 0. The molecule has 21 heavy (non-hydrogen) atoms. The van der Waals surface area contributed by atoms with Crippen LogP contribution in [0.25, 0.3) is 0 Å². The van der Waals surface area contributed by atoms with Crippen LogP contribution in [0.3, 0.4) is 0 Å². The Hall–Kier alpha value is -2.05. The molecule has 6 heteroatoms. The fourth-order valence-electron chi connectivity index (χ4n) is 1.97. The molecule has 0 fully saturated rings. The van der Waals surface area contributed by atoms with Gasteiger partial charge in [-0.05, 0) is 49.9 Å². The first kappa shape index (κ1) is 15.3. The lowest BCUT2D eigenvalue weighted by molar-refractivity contribution is 0.475. The van der Waals surface area contributed by atoms with Crippen molar-refractivity contribution in [3.8, 4) is 5.75 Å². The molecule has 2 rings (SSSR count). The first-order valence-corrected chi connectivity index (χ1v) is 8.00. The third-order valence-corrected chi connectivity index (χ3v) is 4.60. The van der Waals surface area contributed by atoms with Crippen LogP contribution in [0.1, 0.15) is 18.5 Å². The molecule has 2 aromatic carbocycles. The molecule has 0 aliphatic rings. The normalized spacial score (nSPS) is 12.9. The summed E-state index contributed by atoms with van der Waals surface area (Å²) in [6, 6.07) is 13.5. The molecule has 0 heterocycles. The zero-order chi connectivity index (χ0) is 15.5. The molecule has 0 bridgehead atoms. The second-order valence-electron chi connectivity index (χ2n) is 4.69. The van der Waals surface area contributed by atoms with Gasteiger partial charge >= 0.3 is 0 Å². The summed E-state index contributed by atoms with van der Waals surface area (Å²) in [7, 11) is -2.07. The van der Waals surface area contributed by atoms with E-state index in [1.807, 2.05) is 25.1 Å². The van der Waals surface area contributed by atoms with Crippen LogP contribution in [-0.2, 0) is 10.0 Å². The van der Waals surface area contributed by atoms with Crippen LogP contribution in [0.2, 0.25) is 0 Å². The summed E-state index contributed by atoms with van der Waals surface area (Å²) in [4.78, 5) is 0.216. The highest BCUT2D eigenvalue weighted by Gasteiger charge is 2.12. The van der Waals surface area contributed by atoms with Crippen molar-refractivity contribution in [2.45, 2.75) is 17.9 Å². The Kier molecular flexibility index (Phi) is 4.50. The van der Waals surface area contributed by atoms with E-state index in [0.29, 0.717) is 5.69 Å². The smallest absolute Gasteiger partial charge is 0.240 e. The van der Waals surface area contributed by atoms with Crippen molar-refractivity contribution >= 4 is 15.7 Å². The second-order valence-corrected chi connectivity index (χ2v) is 6.58. The SMILES string of the molecule is CNS(=O)(=O)c1cccc(NC(C)c2ccc(O)cc2)c1. The lowest BCUT2D eigenvalue weighted by Crippen LogP contribution is -2.18. The molecular weight excluding hydrogens is 288 g/mol. The van der Waals surface area contributed by atoms with Gasteiger partial charge in [-0.15, -0.1) is 0 Å². The van der Waals surface area contributed by atoms with Crippen LogP contribution in [-0.4, -0.2) is 20.6 Å². The minimum absolute atomic E-state index is 0.0156. The topological polar surface area (TPSA) is 78.4 Å². The van der Waals surface area contributed by atoms with E-state index in [9.17, 15) is 13.5 Å². The van der Waals surface area contributed by atoms with Gasteiger partial charge in [-0.1, -0.05) is 18.2 Å². The van der Waals surface area contributed by atoms with Gasteiger partial charge in [-0.25, -0.2) is 13.1 Å². The van der Waals surface area contributed by atoms with Gasteiger partial charge in [-0.2, -0.15) is 0 Å². The van der Waals surface area contributed by atoms with Gasteiger partial charge in [0.1, 0.15) is 5.75 Å². The van der Waals surface area contributed by atoms with Crippen molar-refractivity contribution in [2.24, 2.45) is 0 Å². The summed E-state index contributed by atoms with van der Waals surface area (Å²) >= 11 is 0. The van der Waals surface area contributed by atoms with Gasteiger partial charge in [-0.3, -0.25) is 0 Å². The number of sulfonamides is 1. The highest BCUT2D eigenvalue weighted by molar-refractivity contribution is 7.89. The number of nitrogens with one attached hydrogen (secondary N) is 2. The van der Waals surface area contributed by atoms with E-state index in [1.54, 1.807) is 30.3 Å². The number of rotatable bonds is 5. The molecule has 0 aromatic heterocycles. The first-order chi connectivity index (χ1) is 9.92. The minimum Gasteiger partial charge on any atom is -0.508 e. The Morgan fingerprint density at radius 1 is 1.10 bits per heavy atom. The van der Waals surface area contributed by atoms with Crippen molar-refractivity contribution in [3.63, 3.8) is 0 Å². The van der Waals surface area contributed by atoms with E-state index in [1.165, 1.54) is 7.05 Å².